The first kappa shape index (κ1) is 10.8. The molecule has 0 aliphatic heterocycles. The minimum atomic E-state index is 0.358. The number of halogens is 3. The first-order valence-electron chi connectivity index (χ1n) is 3.97. The summed E-state index contributed by atoms with van der Waals surface area (Å²) in [6.45, 7) is 0. The minimum absolute atomic E-state index is 0.358. The molecule has 0 N–H and O–H groups in total. The van der Waals surface area contributed by atoms with Gasteiger partial charge in [-0.2, -0.15) is 0 Å². The number of aromatic nitrogens is 3. The van der Waals surface area contributed by atoms with E-state index >= 15 is 0 Å². The number of hydrogen-bond donors (Lipinski definition) is 0. The highest BCUT2D eigenvalue weighted by Crippen LogP contribution is 2.22. The van der Waals surface area contributed by atoms with Crippen molar-refractivity contribution in [1.82, 2.24) is 15.0 Å². The van der Waals surface area contributed by atoms with Gasteiger partial charge >= 0.3 is 0 Å². The van der Waals surface area contributed by atoms with E-state index in [2.05, 4.69) is 30.9 Å². The Labute approximate surface area is 105 Å². The van der Waals surface area contributed by atoms with Crippen molar-refractivity contribution >= 4 is 39.1 Å². The molecule has 2 aromatic rings. The molecule has 0 aliphatic carbocycles. The Morgan fingerprint density at radius 2 is 1.87 bits per heavy atom. The fourth-order valence-electron chi connectivity index (χ4n) is 0.978. The molecule has 0 aromatic carbocycles. The molecule has 0 saturated heterocycles. The molecule has 0 amide bonds. The van der Waals surface area contributed by atoms with Gasteiger partial charge in [0.1, 0.15) is 10.8 Å². The minimum Gasteiger partial charge on any atom is -0.251 e. The average molecular weight is 305 g/mol. The van der Waals surface area contributed by atoms with Crippen LogP contribution >= 0.6 is 39.1 Å². The van der Waals surface area contributed by atoms with Crippen LogP contribution in [0.5, 0.6) is 0 Å². The van der Waals surface area contributed by atoms with Gasteiger partial charge in [-0.1, -0.05) is 23.2 Å². The summed E-state index contributed by atoms with van der Waals surface area (Å²) in [4.78, 5) is 12.3. The van der Waals surface area contributed by atoms with Crippen LogP contribution in [-0.4, -0.2) is 15.0 Å². The zero-order chi connectivity index (χ0) is 10.8. The Morgan fingerprint density at radius 1 is 1.07 bits per heavy atom. The van der Waals surface area contributed by atoms with Crippen molar-refractivity contribution in [2.24, 2.45) is 0 Å². The molecule has 6 heteroatoms. The third kappa shape index (κ3) is 2.45. The summed E-state index contributed by atoms with van der Waals surface area (Å²) in [5.41, 5.74) is 0.633. The summed E-state index contributed by atoms with van der Waals surface area (Å²) in [5.74, 6) is 0.472. The van der Waals surface area contributed by atoms with Crippen LogP contribution in [0.4, 0.5) is 0 Å². The van der Waals surface area contributed by atoms with Crippen LogP contribution in [-0.2, 0) is 0 Å². The second-order valence-electron chi connectivity index (χ2n) is 2.69. The molecule has 0 spiro atoms. The first-order chi connectivity index (χ1) is 7.16. The number of pyridine rings is 1. The molecule has 0 fully saturated rings. The summed E-state index contributed by atoms with van der Waals surface area (Å²) in [7, 11) is 0. The highest BCUT2D eigenvalue weighted by molar-refractivity contribution is 9.10. The quantitative estimate of drug-likeness (QED) is 0.756. The highest BCUT2D eigenvalue weighted by atomic mass is 79.9. The van der Waals surface area contributed by atoms with E-state index in [4.69, 9.17) is 23.2 Å². The van der Waals surface area contributed by atoms with Crippen LogP contribution in [0.3, 0.4) is 0 Å². The Kier molecular flexibility index (Phi) is 3.19. The summed E-state index contributed by atoms with van der Waals surface area (Å²) in [6, 6.07) is 3.46. The number of hydrogen-bond acceptors (Lipinski definition) is 3. The van der Waals surface area contributed by atoms with Gasteiger partial charge in [0, 0.05) is 12.4 Å². The predicted molar refractivity (Wildman–Crippen MR) is 63.0 cm³/mol. The molecule has 0 atom stereocenters. The molecule has 2 rings (SSSR count). The summed E-state index contributed by atoms with van der Waals surface area (Å²) >= 11 is 14.8. The average Bonchev–Trinajstić information content (AvgIpc) is 2.23. The molecular weight excluding hydrogens is 301 g/mol. The van der Waals surface area contributed by atoms with Crippen LogP contribution < -0.4 is 0 Å². The van der Waals surface area contributed by atoms with E-state index in [-0.39, 0.29) is 0 Å². The standard InChI is InChI=1S/C9H4BrCl2N3/c10-6-4-14-9(15-8(6)12)7-2-1-5(11)3-13-7/h1-4H. The van der Waals surface area contributed by atoms with E-state index in [9.17, 15) is 0 Å². The van der Waals surface area contributed by atoms with Crippen molar-refractivity contribution in [3.05, 3.63) is 39.2 Å². The topological polar surface area (TPSA) is 38.7 Å². The number of rotatable bonds is 1. The molecule has 2 heterocycles. The Hall–Kier alpha value is -0.710. The van der Waals surface area contributed by atoms with Gasteiger partial charge < -0.3 is 0 Å². The van der Waals surface area contributed by atoms with Gasteiger partial charge in [-0.3, -0.25) is 4.98 Å². The van der Waals surface area contributed by atoms with Gasteiger partial charge in [-0.05, 0) is 28.1 Å². The summed E-state index contributed by atoms with van der Waals surface area (Å²) < 4.78 is 0.655. The lowest BCUT2D eigenvalue weighted by atomic mass is 10.3. The third-order valence-corrected chi connectivity index (χ3v) is 2.98. The van der Waals surface area contributed by atoms with Crippen molar-refractivity contribution in [3.8, 4) is 11.5 Å². The van der Waals surface area contributed by atoms with Crippen molar-refractivity contribution in [3.63, 3.8) is 0 Å². The second kappa shape index (κ2) is 4.43. The van der Waals surface area contributed by atoms with Crippen LogP contribution in [0.1, 0.15) is 0 Å². The molecule has 0 radical (unpaired) electrons. The second-order valence-corrected chi connectivity index (χ2v) is 4.34. The van der Waals surface area contributed by atoms with Gasteiger partial charge in [0.05, 0.1) is 9.50 Å². The highest BCUT2D eigenvalue weighted by Gasteiger charge is 2.05. The maximum Gasteiger partial charge on any atom is 0.179 e. The number of nitrogens with zero attached hydrogens (tertiary/aromatic N) is 3. The van der Waals surface area contributed by atoms with Gasteiger partial charge in [-0.15, -0.1) is 0 Å². The van der Waals surface area contributed by atoms with Crippen molar-refractivity contribution in [2.45, 2.75) is 0 Å². The monoisotopic (exact) mass is 303 g/mol. The van der Waals surface area contributed by atoms with Crippen LogP contribution in [0.25, 0.3) is 11.5 Å². The molecule has 0 saturated carbocycles. The van der Waals surface area contributed by atoms with E-state index in [1.807, 2.05) is 0 Å². The van der Waals surface area contributed by atoms with Gasteiger partial charge in [0.15, 0.2) is 5.82 Å². The molecule has 15 heavy (non-hydrogen) atoms. The smallest absolute Gasteiger partial charge is 0.179 e. The SMILES string of the molecule is Clc1ccc(-c2ncc(Br)c(Cl)n2)nc1. The predicted octanol–water partition coefficient (Wildman–Crippen LogP) is 3.61. The fourth-order valence-corrected chi connectivity index (χ4v) is 1.41. The lowest BCUT2D eigenvalue weighted by Crippen LogP contribution is -1.91. The lowest BCUT2D eigenvalue weighted by molar-refractivity contribution is 1.13. The molecule has 3 nitrogen and oxygen atoms in total. The first-order valence-corrected chi connectivity index (χ1v) is 5.51. The zero-order valence-electron chi connectivity index (χ0n) is 7.28. The normalized spacial score (nSPS) is 10.3. The maximum absolute atomic E-state index is 5.84. The van der Waals surface area contributed by atoms with Crippen molar-refractivity contribution in [2.75, 3.05) is 0 Å². The van der Waals surface area contributed by atoms with E-state index < -0.39 is 0 Å². The largest absolute Gasteiger partial charge is 0.251 e. The van der Waals surface area contributed by atoms with Crippen LogP contribution in [0.15, 0.2) is 29.0 Å². The van der Waals surface area contributed by atoms with E-state index in [0.717, 1.165) is 0 Å². The van der Waals surface area contributed by atoms with Crippen molar-refractivity contribution < 1.29 is 0 Å². The van der Waals surface area contributed by atoms with Crippen LogP contribution in [0, 0.1) is 0 Å². The summed E-state index contributed by atoms with van der Waals surface area (Å²) in [6.07, 6.45) is 3.12. The Balaban J connectivity index is 2.45. The molecule has 0 bridgehead atoms. The fraction of sp³-hybridized carbons (Fsp3) is 0. The Morgan fingerprint density at radius 3 is 2.47 bits per heavy atom. The molecule has 2 aromatic heterocycles. The molecule has 0 aliphatic rings. The molecule has 76 valence electrons. The third-order valence-electron chi connectivity index (χ3n) is 1.66. The Bertz CT molecular complexity index is 487. The van der Waals surface area contributed by atoms with Gasteiger partial charge in [0.2, 0.25) is 0 Å². The molecule has 0 unspecified atom stereocenters. The van der Waals surface area contributed by atoms with E-state index in [1.54, 1.807) is 18.3 Å². The van der Waals surface area contributed by atoms with Crippen LogP contribution in [0.2, 0.25) is 10.2 Å². The zero-order valence-corrected chi connectivity index (χ0v) is 10.4. The van der Waals surface area contributed by atoms with Gasteiger partial charge in [0.25, 0.3) is 0 Å². The lowest BCUT2D eigenvalue weighted by Gasteiger charge is -2.00. The molecular formula is C9H4BrCl2N3. The summed E-state index contributed by atoms with van der Waals surface area (Å²) in [5, 5.41) is 0.929. The van der Waals surface area contributed by atoms with E-state index in [1.165, 1.54) is 6.20 Å². The van der Waals surface area contributed by atoms with E-state index in [0.29, 0.717) is 26.2 Å². The van der Waals surface area contributed by atoms with Gasteiger partial charge in [-0.25, -0.2) is 9.97 Å². The maximum atomic E-state index is 5.84. The van der Waals surface area contributed by atoms with Crippen molar-refractivity contribution in [1.29, 1.82) is 0 Å².